The van der Waals surface area contributed by atoms with Gasteiger partial charge in [-0.15, -0.1) is 0 Å². The van der Waals surface area contributed by atoms with E-state index in [0.717, 1.165) is 0 Å². The van der Waals surface area contributed by atoms with Gasteiger partial charge in [-0.2, -0.15) is 0 Å². The summed E-state index contributed by atoms with van der Waals surface area (Å²) in [5, 5.41) is 8.24. The SMILES string of the molecule is CCOP(=O)(CCCC(=O)NO)OCC. The summed E-state index contributed by atoms with van der Waals surface area (Å²) in [5.41, 5.74) is 1.50. The van der Waals surface area contributed by atoms with Gasteiger partial charge in [0.05, 0.1) is 19.4 Å². The molecule has 2 N–H and O–H groups in total. The molecule has 7 heteroatoms. The van der Waals surface area contributed by atoms with Crippen molar-refractivity contribution in [2.24, 2.45) is 0 Å². The lowest BCUT2D eigenvalue weighted by Crippen LogP contribution is -2.18. The maximum absolute atomic E-state index is 11.8. The standard InChI is InChI=1S/C8H18NO5P/c1-3-13-15(12,14-4-2)7-5-6-8(10)9-11/h11H,3-7H2,1-2H3,(H,9,10). The second kappa shape index (κ2) is 7.82. The minimum atomic E-state index is -3.05. The van der Waals surface area contributed by atoms with E-state index in [9.17, 15) is 9.36 Å². The fraction of sp³-hybridized carbons (Fsp3) is 0.875. The number of amides is 1. The number of hydroxylamine groups is 1. The van der Waals surface area contributed by atoms with Crippen molar-refractivity contribution in [3.05, 3.63) is 0 Å². The Morgan fingerprint density at radius 3 is 2.27 bits per heavy atom. The molecule has 0 heterocycles. The van der Waals surface area contributed by atoms with Crippen LogP contribution in [-0.4, -0.2) is 30.5 Å². The van der Waals surface area contributed by atoms with E-state index in [1.54, 1.807) is 13.8 Å². The number of carbonyl (C=O) groups is 1. The number of hydrogen-bond donors (Lipinski definition) is 2. The Labute approximate surface area is 89.4 Å². The summed E-state index contributed by atoms with van der Waals surface area (Å²) in [7, 11) is -3.05. The Morgan fingerprint density at radius 1 is 1.33 bits per heavy atom. The van der Waals surface area contributed by atoms with E-state index >= 15 is 0 Å². The largest absolute Gasteiger partial charge is 0.330 e. The van der Waals surface area contributed by atoms with Gasteiger partial charge >= 0.3 is 7.60 Å². The van der Waals surface area contributed by atoms with E-state index < -0.39 is 13.5 Å². The molecule has 0 bridgehead atoms. The van der Waals surface area contributed by atoms with E-state index in [1.807, 2.05) is 0 Å². The Kier molecular flexibility index (Phi) is 7.60. The molecule has 6 nitrogen and oxygen atoms in total. The van der Waals surface area contributed by atoms with Crippen LogP contribution in [0.1, 0.15) is 26.7 Å². The molecule has 0 aromatic carbocycles. The van der Waals surface area contributed by atoms with Gasteiger partial charge in [0.25, 0.3) is 0 Å². The predicted molar refractivity (Wildman–Crippen MR) is 54.9 cm³/mol. The predicted octanol–water partition coefficient (Wildman–Crippen LogP) is 1.54. The summed E-state index contributed by atoms with van der Waals surface area (Å²) in [6.45, 7) is 4.07. The molecule has 0 saturated heterocycles. The molecule has 0 atom stereocenters. The number of rotatable bonds is 8. The monoisotopic (exact) mass is 239 g/mol. The Balaban J connectivity index is 3.96. The van der Waals surface area contributed by atoms with Crippen molar-refractivity contribution in [3.63, 3.8) is 0 Å². The van der Waals surface area contributed by atoms with Crippen LogP contribution in [-0.2, 0) is 18.4 Å². The van der Waals surface area contributed by atoms with Crippen molar-refractivity contribution in [3.8, 4) is 0 Å². The van der Waals surface area contributed by atoms with E-state index in [0.29, 0.717) is 19.6 Å². The molecule has 0 rings (SSSR count). The first-order valence-corrected chi connectivity index (χ1v) is 6.61. The molecule has 0 aromatic rings. The Morgan fingerprint density at radius 2 is 1.87 bits per heavy atom. The van der Waals surface area contributed by atoms with Gasteiger partial charge < -0.3 is 9.05 Å². The third-order valence-corrected chi connectivity index (χ3v) is 3.78. The fourth-order valence-electron chi connectivity index (χ4n) is 1.05. The molecule has 0 aliphatic rings. The van der Waals surface area contributed by atoms with E-state index in [1.165, 1.54) is 5.48 Å². The molecule has 0 spiro atoms. The highest BCUT2D eigenvalue weighted by molar-refractivity contribution is 7.53. The van der Waals surface area contributed by atoms with Gasteiger partial charge in [0.2, 0.25) is 5.91 Å². The highest BCUT2D eigenvalue weighted by Crippen LogP contribution is 2.48. The van der Waals surface area contributed by atoms with E-state index in [4.69, 9.17) is 14.3 Å². The molecule has 0 fully saturated rings. The summed E-state index contributed by atoms with van der Waals surface area (Å²) in [4.78, 5) is 10.7. The summed E-state index contributed by atoms with van der Waals surface area (Å²) >= 11 is 0. The van der Waals surface area contributed by atoms with Gasteiger partial charge in [0.1, 0.15) is 0 Å². The fourth-order valence-corrected chi connectivity index (χ4v) is 2.71. The van der Waals surface area contributed by atoms with Crippen LogP contribution in [0.25, 0.3) is 0 Å². The van der Waals surface area contributed by atoms with Crippen molar-refractivity contribution in [1.29, 1.82) is 0 Å². The first-order valence-electron chi connectivity index (χ1n) is 4.89. The minimum absolute atomic E-state index is 0.0979. The molecular weight excluding hydrogens is 221 g/mol. The van der Waals surface area contributed by atoms with Gasteiger partial charge in [-0.05, 0) is 20.3 Å². The van der Waals surface area contributed by atoms with Gasteiger partial charge in [-0.1, -0.05) is 0 Å². The van der Waals surface area contributed by atoms with Crippen LogP contribution in [0.15, 0.2) is 0 Å². The summed E-state index contributed by atoms with van der Waals surface area (Å²) in [6, 6.07) is 0. The first-order chi connectivity index (χ1) is 7.08. The van der Waals surface area contributed by atoms with Crippen molar-refractivity contribution in [1.82, 2.24) is 5.48 Å². The normalized spacial score (nSPS) is 11.4. The van der Waals surface area contributed by atoms with Crippen molar-refractivity contribution >= 4 is 13.5 Å². The third kappa shape index (κ3) is 6.62. The van der Waals surface area contributed by atoms with Crippen molar-refractivity contribution in [2.75, 3.05) is 19.4 Å². The van der Waals surface area contributed by atoms with Gasteiger partial charge in [0, 0.05) is 6.42 Å². The molecule has 0 aliphatic heterocycles. The van der Waals surface area contributed by atoms with Crippen LogP contribution < -0.4 is 5.48 Å². The molecule has 90 valence electrons. The summed E-state index contributed by atoms with van der Waals surface area (Å²) < 4.78 is 21.9. The van der Waals surface area contributed by atoms with Gasteiger partial charge in [0.15, 0.2) is 0 Å². The summed E-state index contributed by atoms with van der Waals surface area (Å²) in [6.07, 6.45) is 0.631. The maximum atomic E-state index is 11.8. The zero-order valence-electron chi connectivity index (χ0n) is 9.06. The highest BCUT2D eigenvalue weighted by atomic mass is 31.2. The van der Waals surface area contributed by atoms with Crippen LogP contribution in [0.3, 0.4) is 0 Å². The lowest BCUT2D eigenvalue weighted by atomic mass is 10.3. The molecule has 0 saturated carbocycles. The quantitative estimate of drug-likeness (QED) is 0.381. The van der Waals surface area contributed by atoms with E-state index in [2.05, 4.69) is 0 Å². The number of hydrogen-bond acceptors (Lipinski definition) is 5. The lowest BCUT2D eigenvalue weighted by Gasteiger charge is -2.16. The van der Waals surface area contributed by atoms with Crippen molar-refractivity contribution < 1.29 is 23.6 Å². The molecule has 0 aliphatic carbocycles. The average Bonchev–Trinajstić information content (AvgIpc) is 2.18. The minimum Gasteiger partial charge on any atom is -0.309 e. The Hall–Kier alpha value is -0.420. The second-order valence-electron chi connectivity index (χ2n) is 2.81. The average molecular weight is 239 g/mol. The highest BCUT2D eigenvalue weighted by Gasteiger charge is 2.22. The number of nitrogens with one attached hydrogen (secondary N) is 1. The Bertz CT molecular complexity index is 223. The topological polar surface area (TPSA) is 84.9 Å². The molecule has 1 amide bonds. The van der Waals surface area contributed by atoms with Gasteiger partial charge in [-0.3, -0.25) is 14.6 Å². The molecule has 15 heavy (non-hydrogen) atoms. The van der Waals surface area contributed by atoms with Crippen LogP contribution >= 0.6 is 7.60 Å². The van der Waals surface area contributed by atoms with E-state index in [-0.39, 0.29) is 12.6 Å². The molecule has 0 radical (unpaired) electrons. The molecule has 0 aromatic heterocycles. The van der Waals surface area contributed by atoms with Crippen molar-refractivity contribution in [2.45, 2.75) is 26.7 Å². The van der Waals surface area contributed by atoms with Crippen LogP contribution in [0.4, 0.5) is 0 Å². The zero-order valence-corrected chi connectivity index (χ0v) is 9.96. The molecule has 0 unspecified atom stereocenters. The zero-order chi connectivity index (χ0) is 11.7. The second-order valence-corrected chi connectivity index (χ2v) is 4.99. The first kappa shape index (κ1) is 14.6. The number of carbonyl (C=O) groups excluding carboxylic acids is 1. The third-order valence-electron chi connectivity index (χ3n) is 1.61. The molecular formula is C8H18NO5P. The smallest absolute Gasteiger partial charge is 0.309 e. The lowest BCUT2D eigenvalue weighted by molar-refractivity contribution is -0.129. The van der Waals surface area contributed by atoms with Gasteiger partial charge in [-0.25, -0.2) is 5.48 Å². The van der Waals surface area contributed by atoms with Crippen LogP contribution in [0.2, 0.25) is 0 Å². The summed E-state index contributed by atoms with van der Waals surface area (Å²) in [5.74, 6) is -0.505. The van der Waals surface area contributed by atoms with Crippen LogP contribution in [0, 0.1) is 0 Å². The maximum Gasteiger partial charge on any atom is 0.330 e. The van der Waals surface area contributed by atoms with Crippen LogP contribution in [0.5, 0.6) is 0 Å².